The lowest BCUT2D eigenvalue weighted by molar-refractivity contribution is 0.598. The Bertz CT molecular complexity index is 834. The average Bonchev–Trinajstić information content (AvgIpc) is 2.45. The largest absolute Gasteiger partial charge is 0.376 e. The Kier molecular flexibility index (Phi) is 5.09. The fourth-order valence-corrected chi connectivity index (χ4v) is 2.14. The summed E-state index contributed by atoms with van der Waals surface area (Å²) in [5.74, 6) is 0. The molecule has 0 saturated carbocycles. The van der Waals surface area contributed by atoms with Crippen LogP contribution in [-0.2, 0) is 10.0 Å². The van der Waals surface area contributed by atoms with Gasteiger partial charge in [0.15, 0.2) is 5.57 Å². The van der Waals surface area contributed by atoms with Gasteiger partial charge in [-0.05, 0) is 18.2 Å². The molecule has 3 N–H and O–H groups in total. The maximum atomic E-state index is 11.4. The molecule has 0 atom stereocenters. The van der Waals surface area contributed by atoms with Crippen molar-refractivity contribution >= 4 is 21.4 Å². The minimum absolute atomic E-state index is 0.159. The van der Waals surface area contributed by atoms with Crippen molar-refractivity contribution in [1.29, 1.82) is 15.8 Å². The summed E-state index contributed by atoms with van der Waals surface area (Å²) in [6, 6.07) is 8.93. The Morgan fingerprint density at radius 2 is 1.77 bits per heavy atom. The second-order valence-corrected chi connectivity index (χ2v) is 5.89. The van der Waals surface area contributed by atoms with Gasteiger partial charge in [0, 0.05) is 14.1 Å². The smallest absolute Gasteiger partial charge is 0.238 e. The van der Waals surface area contributed by atoms with E-state index in [1.807, 2.05) is 0 Å². The lowest BCUT2D eigenvalue weighted by atomic mass is 10.2. The van der Waals surface area contributed by atoms with E-state index in [1.54, 1.807) is 37.2 Å². The van der Waals surface area contributed by atoms with Crippen LogP contribution in [0.25, 0.3) is 0 Å². The lowest BCUT2D eigenvalue weighted by Gasteiger charge is -2.19. The number of hydrogen-bond donors (Lipinski definition) is 2. The van der Waals surface area contributed by atoms with Gasteiger partial charge in [-0.15, -0.1) is 0 Å². The first-order valence-electron chi connectivity index (χ1n) is 5.80. The highest BCUT2D eigenvalue weighted by Crippen LogP contribution is 2.28. The topological polar surface area (TPSA) is 147 Å². The number of nitrogens with zero attached hydrogens (tertiary/aromatic N) is 4. The predicted molar refractivity (Wildman–Crippen MR) is 79.6 cm³/mol. The maximum Gasteiger partial charge on any atom is 0.238 e. The second kappa shape index (κ2) is 6.59. The van der Waals surface area contributed by atoms with Crippen LogP contribution in [0.2, 0.25) is 0 Å². The van der Waals surface area contributed by atoms with Gasteiger partial charge in [-0.2, -0.15) is 15.8 Å². The molecule has 0 fully saturated rings. The maximum absolute atomic E-state index is 11.4. The number of rotatable bonds is 4. The van der Waals surface area contributed by atoms with E-state index in [4.69, 9.17) is 20.9 Å². The normalized spacial score (nSPS) is 9.82. The lowest BCUT2D eigenvalue weighted by Crippen LogP contribution is -2.16. The molecule has 8 nitrogen and oxygen atoms in total. The molecular formula is C13H12N6O2S. The van der Waals surface area contributed by atoms with Gasteiger partial charge in [-0.3, -0.25) is 0 Å². The number of nitrogens with one attached hydrogen (secondary N) is 1. The zero-order chi connectivity index (χ0) is 16.9. The first-order valence-corrected chi connectivity index (χ1v) is 7.35. The molecule has 0 aliphatic rings. The second-order valence-electron chi connectivity index (χ2n) is 4.33. The summed E-state index contributed by atoms with van der Waals surface area (Å²) in [4.78, 5) is 1.51. The van der Waals surface area contributed by atoms with E-state index < -0.39 is 15.6 Å². The summed E-state index contributed by atoms with van der Waals surface area (Å²) < 4.78 is 22.8. The molecule has 1 aromatic carbocycles. The van der Waals surface area contributed by atoms with Gasteiger partial charge in [-0.25, -0.2) is 13.6 Å². The number of primary sulfonamides is 1. The molecule has 0 saturated heterocycles. The Labute approximate surface area is 128 Å². The van der Waals surface area contributed by atoms with Gasteiger partial charge in [0.05, 0.1) is 16.3 Å². The number of anilines is 2. The van der Waals surface area contributed by atoms with Crippen molar-refractivity contribution in [3.8, 4) is 18.2 Å². The number of benzene rings is 1. The average molecular weight is 316 g/mol. The molecule has 1 rings (SSSR count). The fourth-order valence-electron chi connectivity index (χ4n) is 1.60. The van der Waals surface area contributed by atoms with Crippen molar-refractivity contribution in [3.63, 3.8) is 0 Å². The molecule has 0 aromatic heterocycles. The highest BCUT2D eigenvalue weighted by atomic mass is 32.2. The molecule has 0 bridgehead atoms. The molecule has 1 aromatic rings. The molecule has 0 heterocycles. The Balaban J connectivity index is 3.52. The monoisotopic (exact) mass is 316 g/mol. The van der Waals surface area contributed by atoms with Gasteiger partial charge in [0.25, 0.3) is 0 Å². The van der Waals surface area contributed by atoms with Crippen LogP contribution in [0.4, 0.5) is 11.4 Å². The third kappa shape index (κ3) is 3.74. The number of nitrogens with two attached hydrogens (primary N) is 1. The quantitative estimate of drug-likeness (QED) is 0.774. The minimum atomic E-state index is -3.93. The number of nitriles is 3. The van der Waals surface area contributed by atoms with Crippen molar-refractivity contribution in [2.75, 3.05) is 24.3 Å². The van der Waals surface area contributed by atoms with Gasteiger partial charge in [0.1, 0.15) is 23.9 Å². The third-order valence-corrected chi connectivity index (χ3v) is 3.53. The Morgan fingerprint density at radius 1 is 1.18 bits per heavy atom. The number of sulfonamides is 1. The van der Waals surface area contributed by atoms with E-state index in [0.29, 0.717) is 5.69 Å². The van der Waals surface area contributed by atoms with Crippen molar-refractivity contribution in [2.24, 2.45) is 5.14 Å². The predicted octanol–water partition coefficient (Wildman–Crippen LogP) is 0.637. The van der Waals surface area contributed by atoms with Crippen molar-refractivity contribution in [2.45, 2.75) is 4.90 Å². The zero-order valence-electron chi connectivity index (χ0n) is 11.8. The minimum Gasteiger partial charge on any atom is -0.376 e. The molecule has 0 unspecified atom stereocenters. The van der Waals surface area contributed by atoms with Crippen molar-refractivity contribution < 1.29 is 8.42 Å². The Morgan fingerprint density at radius 3 is 2.18 bits per heavy atom. The molecule has 0 radical (unpaired) electrons. The zero-order valence-corrected chi connectivity index (χ0v) is 12.6. The molecule has 9 heteroatoms. The molecule has 0 spiro atoms. The molecule has 22 heavy (non-hydrogen) atoms. The fraction of sp³-hybridized carbons (Fsp3) is 0.154. The third-order valence-electron chi connectivity index (χ3n) is 2.62. The summed E-state index contributed by atoms with van der Waals surface area (Å²) in [6.07, 6.45) is 0. The van der Waals surface area contributed by atoms with Crippen LogP contribution in [0.1, 0.15) is 0 Å². The van der Waals surface area contributed by atoms with E-state index >= 15 is 0 Å². The summed E-state index contributed by atoms with van der Waals surface area (Å²) >= 11 is 0. The molecule has 0 amide bonds. The molecule has 112 valence electrons. The van der Waals surface area contributed by atoms with Crippen LogP contribution >= 0.6 is 0 Å². The standard InChI is InChI=1S/C13H12N6O2S/c1-19(2)13-4-3-10(22(17,20)21)5-11(13)18-12(8-16)9(6-14)7-15/h3-5,18H,1-2H3,(H2,17,20,21). The van der Waals surface area contributed by atoms with Crippen molar-refractivity contribution in [3.05, 3.63) is 29.5 Å². The Hall–Kier alpha value is -3.06. The van der Waals surface area contributed by atoms with Gasteiger partial charge in [0.2, 0.25) is 10.0 Å². The summed E-state index contributed by atoms with van der Waals surface area (Å²) in [5.41, 5.74) is 0.0966. The summed E-state index contributed by atoms with van der Waals surface area (Å²) in [7, 11) is -0.508. The van der Waals surface area contributed by atoms with Crippen LogP contribution in [0.3, 0.4) is 0 Å². The number of hydrogen-bond acceptors (Lipinski definition) is 7. The number of allylic oxidation sites excluding steroid dienone is 2. The first kappa shape index (κ1) is 17.0. The SMILES string of the molecule is CN(C)c1ccc(S(N)(=O)=O)cc1NC(C#N)=C(C#N)C#N. The molecule has 0 aliphatic heterocycles. The van der Waals surface area contributed by atoms with Crippen LogP contribution < -0.4 is 15.4 Å². The highest BCUT2D eigenvalue weighted by Gasteiger charge is 2.15. The van der Waals surface area contributed by atoms with E-state index in [-0.39, 0.29) is 16.3 Å². The van der Waals surface area contributed by atoms with Gasteiger partial charge in [-0.1, -0.05) is 0 Å². The van der Waals surface area contributed by atoms with Crippen LogP contribution in [-0.4, -0.2) is 22.5 Å². The van der Waals surface area contributed by atoms with E-state index in [1.165, 1.54) is 18.2 Å². The van der Waals surface area contributed by atoms with Crippen LogP contribution in [0.15, 0.2) is 34.4 Å². The van der Waals surface area contributed by atoms with Crippen molar-refractivity contribution in [1.82, 2.24) is 0 Å². The molecule has 0 aliphatic carbocycles. The van der Waals surface area contributed by atoms with E-state index in [9.17, 15) is 8.42 Å². The molecular weight excluding hydrogens is 304 g/mol. The van der Waals surface area contributed by atoms with Crippen LogP contribution in [0.5, 0.6) is 0 Å². The first-order chi connectivity index (χ1) is 10.2. The highest BCUT2D eigenvalue weighted by molar-refractivity contribution is 7.89. The summed E-state index contributed by atoms with van der Waals surface area (Å²) in [6.45, 7) is 0. The van der Waals surface area contributed by atoms with Gasteiger partial charge < -0.3 is 10.2 Å². The van der Waals surface area contributed by atoms with E-state index in [0.717, 1.165) is 0 Å². The summed E-state index contributed by atoms with van der Waals surface area (Å²) in [5, 5.41) is 34.4. The van der Waals surface area contributed by atoms with Gasteiger partial charge >= 0.3 is 0 Å². The van der Waals surface area contributed by atoms with Crippen LogP contribution in [0, 0.1) is 34.0 Å². The van der Waals surface area contributed by atoms with E-state index in [2.05, 4.69) is 5.32 Å².